The first-order chi connectivity index (χ1) is 28.8. The highest BCUT2D eigenvalue weighted by atomic mass is 15.1. The normalized spacial score (nSPS) is 12.3. The fraction of sp³-hybridized carbons (Fsp3) is 0.0357. The Morgan fingerprint density at radius 1 is 0.414 bits per heavy atom. The van der Waals surface area contributed by atoms with E-state index < -0.39 is 0 Å². The van der Waals surface area contributed by atoms with Crippen LogP contribution in [0.1, 0.15) is 17.7 Å². The molecule has 1 heterocycles. The van der Waals surface area contributed by atoms with Gasteiger partial charge in [0.15, 0.2) is 0 Å². The molecule has 0 fully saturated rings. The van der Waals surface area contributed by atoms with Crippen LogP contribution in [0, 0.1) is 0 Å². The van der Waals surface area contributed by atoms with Gasteiger partial charge in [-0.2, -0.15) is 0 Å². The molecule has 0 N–H and O–H groups in total. The van der Waals surface area contributed by atoms with Gasteiger partial charge in [0.05, 0.1) is 16.9 Å². The smallest absolute Gasteiger partial charge is 0.0540 e. The van der Waals surface area contributed by atoms with E-state index in [9.17, 15) is 0 Å². The van der Waals surface area contributed by atoms with Gasteiger partial charge < -0.3 is 9.47 Å². The highest BCUT2D eigenvalue weighted by Gasteiger charge is 2.21. The van der Waals surface area contributed by atoms with Crippen molar-refractivity contribution in [3.63, 3.8) is 0 Å². The van der Waals surface area contributed by atoms with Crippen molar-refractivity contribution in [3.05, 3.63) is 224 Å². The molecule has 0 bridgehead atoms. The number of allylic oxidation sites excluding steroid dienone is 1. The lowest BCUT2D eigenvalue weighted by atomic mass is 9.93. The highest BCUT2D eigenvalue weighted by molar-refractivity contribution is 6.13. The third-order valence-electron chi connectivity index (χ3n) is 11.9. The van der Waals surface area contributed by atoms with Crippen molar-refractivity contribution in [2.45, 2.75) is 12.8 Å². The Balaban J connectivity index is 1.04. The zero-order chi connectivity index (χ0) is 38.4. The molecular formula is C56H40N2. The summed E-state index contributed by atoms with van der Waals surface area (Å²) in [4.78, 5) is 2.40. The van der Waals surface area contributed by atoms with Gasteiger partial charge in [-0.1, -0.05) is 164 Å². The van der Waals surface area contributed by atoms with Gasteiger partial charge in [0.25, 0.3) is 0 Å². The van der Waals surface area contributed by atoms with Crippen LogP contribution in [0.4, 0.5) is 17.1 Å². The van der Waals surface area contributed by atoms with E-state index >= 15 is 0 Å². The maximum Gasteiger partial charge on any atom is 0.0540 e. The van der Waals surface area contributed by atoms with Crippen molar-refractivity contribution in [3.8, 4) is 39.1 Å². The quantitative estimate of drug-likeness (QED) is 0.148. The van der Waals surface area contributed by atoms with Crippen LogP contribution >= 0.6 is 0 Å². The molecule has 0 unspecified atom stereocenters. The van der Waals surface area contributed by atoms with E-state index in [1.165, 1.54) is 82.8 Å². The minimum Gasteiger partial charge on any atom is -0.310 e. The van der Waals surface area contributed by atoms with E-state index in [0.717, 1.165) is 29.9 Å². The average Bonchev–Trinajstić information content (AvgIpc) is 3.64. The number of fused-ring (bicyclic) bond motifs is 6. The Labute approximate surface area is 339 Å². The number of aryl methyl sites for hydroxylation is 1. The van der Waals surface area contributed by atoms with Crippen molar-refractivity contribution >= 4 is 55.6 Å². The fourth-order valence-corrected chi connectivity index (χ4v) is 9.19. The summed E-state index contributed by atoms with van der Waals surface area (Å²) in [5.41, 5.74) is 15.7. The van der Waals surface area contributed by atoms with Crippen LogP contribution in [0.2, 0.25) is 0 Å². The molecule has 9 aromatic carbocycles. The summed E-state index contributed by atoms with van der Waals surface area (Å²) in [5, 5.41) is 6.42. The molecule has 11 rings (SSSR count). The van der Waals surface area contributed by atoms with E-state index in [1.54, 1.807) is 0 Å². The molecule has 2 nitrogen and oxygen atoms in total. The average molecular weight is 741 g/mol. The minimum absolute atomic E-state index is 1.07. The summed E-state index contributed by atoms with van der Waals surface area (Å²) in [7, 11) is 0. The number of hydrogen-bond donors (Lipinski definition) is 0. The van der Waals surface area contributed by atoms with Crippen LogP contribution in [-0.4, -0.2) is 4.57 Å². The van der Waals surface area contributed by atoms with Gasteiger partial charge in [-0.15, -0.1) is 0 Å². The first-order valence-electron chi connectivity index (χ1n) is 20.2. The maximum atomic E-state index is 2.46. The summed E-state index contributed by atoms with van der Waals surface area (Å²) >= 11 is 0. The molecule has 58 heavy (non-hydrogen) atoms. The molecule has 0 aliphatic heterocycles. The Hall–Kier alpha value is -7.42. The number of aromatic nitrogens is 1. The van der Waals surface area contributed by atoms with Gasteiger partial charge in [0.1, 0.15) is 0 Å². The van der Waals surface area contributed by atoms with Gasteiger partial charge >= 0.3 is 0 Å². The number of benzene rings is 9. The van der Waals surface area contributed by atoms with Crippen molar-refractivity contribution < 1.29 is 0 Å². The van der Waals surface area contributed by atoms with Crippen LogP contribution in [0.15, 0.2) is 212 Å². The van der Waals surface area contributed by atoms with Crippen molar-refractivity contribution in [1.82, 2.24) is 4.57 Å². The van der Waals surface area contributed by atoms with Crippen LogP contribution in [0.5, 0.6) is 0 Å². The third kappa shape index (κ3) is 5.73. The largest absolute Gasteiger partial charge is 0.310 e. The molecule has 10 aromatic rings. The molecule has 274 valence electrons. The number of hydrogen-bond acceptors (Lipinski definition) is 1. The summed E-state index contributed by atoms with van der Waals surface area (Å²) in [6, 6.07) is 75.2. The molecular weight excluding hydrogens is 701 g/mol. The Morgan fingerprint density at radius 2 is 0.983 bits per heavy atom. The van der Waals surface area contributed by atoms with E-state index in [1.807, 2.05) is 0 Å². The molecule has 0 saturated carbocycles. The topological polar surface area (TPSA) is 8.17 Å². The molecule has 0 saturated heterocycles. The SMILES string of the molecule is C1=Cc2c(c3ccccc3n2-c2ccccc2-c2ccc(N(c3ccc(-c4cc5ccccc5c5ccccc45)cc3)c3ccccc3-c3ccccc3)cc2)CC1. The fourth-order valence-electron chi connectivity index (χ4n) is 9.19. The standard InChI is InChI=1S/C56H40N2/c1-2-16-39(17-3-1)46-20-8-12-26-53(46)57(44-36-32-41(33-37-44)52-38-42-18-4-5-19-45(42)48-22-6-7-23-49(48)52)43-34-30-40(31-35-43)47-21-9-13-27-54(47)58-55-28-14-10-24-50(55)51-25-11-15-29-56(51)58/h1-10,12-24,26-38H,11,25H2. The summed E-state index contributed by atoms with van der Waals surface area (Å²) in [6.45, 7) is 0. The summed E-state index contributed by atoms with van der Waals surface area (Å²) in [6.07, 6.45) is 6.77. The number of anilines is 3. The van der Waals surface area contributed by atoms with Gasteiger partial charge in [-0.05, 0) is 117 Å². The molecule has 0 atom stereocenters. The summed E-state index contributed by atoms with van der Waals surface area (Å²) < 4.78 is 2.46. The van der Waals surface area contributed by atoms with E-state index in [2.05, 4.69) is 228 Å². The highest BCUT2D eigenvalue weighted by Crippen LogP contribution is 2.44. The molecule has 0 spiro atoms. The predicted molar refractivity (Wildman–Crippen MR) is 247 cm³/mol. The monoisotopic (exact) mass is 740 g/mol. The van der Waals surface area contributed by atoms with E-state index in [-0.39, 0.29) is 0 Å². The lowest BCUT2D eigenvalue weighted by Gasteiger charge is -2.28. The second-order valence-electron chi connectivity index (χ2n) is 15.2. The maximum absolute atomic E-state index is 2.46. The first-order valence-corrected chi connectivity index (χ1v) is 20.2. The zero-order valence-electron chi connectivity index (χ0n) is 32.1. The predicted octanol–water partition coefficient (Wildman–Crippen LogP) is 15.4. The number of para-hydroxylation sites is 3. The first kappa shape index (κ1) is 33.9. The van der Waals surface area contributed by atoms with Crippen molar-refractivity contribution in [2.24, 2.45) is 0 Å². The Morgan fingerprint density at radius 3 is 1.76 bits per heavy atom. The molecule has 2 heteroatoms. The molecule has 0 radical (unpaired) electrons. The number of rotatable bonds is 7. The molecule has 1 aromatic heterocycles. The van der Waals surface area contributed by atoms with Gasteiger partial charge in [0.2, 0.25) is 0 Å². The second-order valence-corrected chi connectivity index (χ2v) is 15.2. The third-order valence-corrected chi connectivity index (χ3v) is 11.9. The number of nitrogens with zero attached hydrogens (tertiary/aromatic N) is 2. The second kappa shape index (κ2) is 14.3. The molecule has 0 amide bonds. The zero-order valence-corrected chi connectivity index (χ0v) is 32.1. The molecule has 1 aliphatic rings. The van der Waals surface area contributed by atoms with Crippen LogP contribution in [0.3, 0.4) is 0 Å². The van der Waals surface area contributed by atoms with Crippen LogP contribution in [-0.2, 0) is 6.42 Å². The Bertz CT molecular complexity index is 3150. The minimum atomic E-state index is 1.07. The summed E-state index contributed by atoms with van der Waals surface area (Å²) in [5.74, 6) is 0. The lowest BCUT2D eigenvalue weighted by Crippen LogP contribution is -2.11. The van der Waals surface area contributed by atoms with Crippen LogP contribution in [0.25, 0.3) is 77.6 Å². The van der Waals surface area contributed by atoms with Gasteiger partial charge in [-0.3, -0.25) is 0 Å². The Kier molecular flexibility index (Phi) is 8.33. The van der Waals surface area contributed by atoms with E-state index in [0.29, 0.717) is 0 Å². The van der Waals surface area contributed by atoms with Crippen molar-refractivity contribution in [1.29, 1.82) is 0 Å². The van der Waals surface area contributed by atoms with Gasteiger partial charge in [-0.25, -0.2) is 0 Å². The lowest BCUT2D eigenvalue weighted by molar-refractivity contribution is 0.968. The van der Waals surface area contributed by atoms with Gasteiger partial charge in [0, 0.05) is 33.6 Å². The van der Waals surface area contributed by atoms with Crippen molar-refractivity contribution in [2.75, 3.05) is 4.90 Å². The molecule has 1 aliphatic carbocycles. The van der Waals surface area contributed by atoms with E-state index in [4.69, 9.17) is 0 Å². The van der Waals surface area contributed by atoms with Crippen LogP contribution < -0.4 is 4.90 Å².